The molecule has 0 aliphatic rings. The summed E-state index contributed by atoms with van der Waals surface area (Å²) >= 11 is 0. The highest BCUT2D eigenvalue weighted by molar-refractivity contribution is 7.92. The first-order chi connectivity index (χ1) is 5.88. The van der Waals surface area contributed by atoms with Crippen molar-refractivity contribution in [3.8, 4) is 0 Å². The first-order valence-corrected chi connectivity index (χ1v) is 5.68. The molecule has 0 atom stereocenters. The van der Waals surface area contributed by atoms with Gasteiger partial charge in [0.2, 0.25) is 10.0 Å². The number of rotatable bonds is 2. The van der Waals surface area contributed by atoms with E-state index in [2.05, 4.69) is 9.71 Å². The van der Waals surface area contributed by atoms with Gasteiger partial charge in [0, 0.05) is 11.9 Å². The second kappa shape index (κ2) is 3.33. The van der Waals surface area contributed by atoms with Crippen molar-refractivity contribution < 1.29 is 8.42 Å². The first kappa shape index (κ1) is 9.98. The van der Waals surface area contributed by atoms with Crippen molar-refractivity contribution in [2.24, 2.45) is 0 Å². The van der Waals surface area contributed by atoms with Gasteiger partial charge in [-0.05, 0) is 25.5 Å². The molecular weight excluding hydrogens is 188 g/mol. The van der Waals surface area contributed by atoms with Crippen LogP contribution in [-0.2, 0) is 10.0 Å². The Morgan fingerprint density at radius 1 is 1.38 bits per heavy atom. The maximum Gasteiger partial charge on any atom is 0.229 e. The van der Waals surface area contributed by atoms with Crippen molar-refractivity contribution >= 4 is 15.7 Å². The second-order valence-corrected chi connectivity index (χ2v) is 4.76. The summed E-state index contributed by atoms with van der Waals surface area (Å²) in [7, 11) is -3.19. The van der Waals surface area contributed by atoms with E-state index < -0.39 is 10.0 Å². The molecular formula is C8H12N2O2S. The van der Waals surface area contributed by atoms with Gasteiger partial charge < -0.3 is 0 Å². The summed E-state index contributed by atoms with van der Waals surface area (Å²) in [6.07, 6.45) is 2.77. The molecule has 0 saturated heterocycles. The number of nitrogens with one attached hydrogen (secondary N) is 1. The minimum atomic E-state index is -3.19. The number of sulfonamides is 1. The van der Waals surface area contributed by atoms with Gasteiger partial charge in [-0.15, -0.1) is 0 Å². The van der Waals surface area contributed by atoms with Crippen molar-refractivity contribution in [2.75, 3.05) is 11.0 Å². The zero-order chi connectivity index (χ0) is 10.1. The van der Waals surface area contributed by atoms with Crippen LogP contribution >= 0.6 is 0 Å². The van der Waals surface area contributed by atoms with Crippen molar-refractivity contribution in [2.45, 2.75) is 13.8 Å². The molecule has 1 aromatic heterocycles. The molecule has 0 aliphatic carbocycles. The van der Waals surface area contributed by atoms with Gasteiger partial charge in [-0.25, -0.2) is 8.42 Å². The van der Waals surface area contributed by atoms with E-state index >= 15 is 0 Å². The number of anilines is 1. The molecule has 5 heteroatoms. The van der Waals surface area contributed by atoms with E-state index in [1.807, 2.05) is 6.92 Å². The number of pyridine rings is 1. The Labute approximate surface area is 78.1 Å². The third-order valence-corrected chi connectivity index (χ3v) is 2.13. The predicted molar refractivity (Wildman–Crippen MR) is 52.2 cm³/mol. The van der Waals surface area contributed by atoms with Gasteiger partial charge in [0.05, 0.1) is 11.9 Å². The highest BCUT2D eigenvalue weighted by Gasteiger charge is 2.04. The lowest BCUT2D eigenvalue weighted by atomic mass is 10.2. The molecule has 0 radical (unpaired) electrons. The molecule has 0 aliphatic heterocycles. The molecule has 1 rings (SSSR count). The van der Waals surface area contributed by atoms with Crippen molar-refractivity contribution in [1.82, 2.24) is 4.98 Å². The quantitative estimate of drug-likeness (QED) is 0.776. The minimum Gasteiger partial charge on any atom is -0.283 e. The molecule has 1 heterocycles. The van der Waals surface area contributed by atoms with Crippen LogP contribution in [0.4, 0.5) is 5.69 Å². The van der Waals surface area contributed by atoms with Crippen LogP contribution in [0, 0.1) is 13.8 Å². The fourth-order valence-corrected chi connectivity index (χ4v) is 1.56. The first-order valence-electron chi connectivity index (χ1n) is 3.79. The van der Waals surface area contributed by atoms with E-state index in [-0.39, 0.29) is 0 Å². The zero-order valence-corrected chi connectivity index (χ0v) is 8.64. The smallest absolute Gasteiger partial charge is 0.229 e. The summed E-state index contributed by atoms with van der Waals surface area (Å²) in [5, 5.41) is 0. The van der Waals surface area contributed by atoms with E-state index in [1.54, 1.807) is 19.2 Å². The molecule has 4 nitrogen and oxygen atoms in total. The van der Waals surface area contributed by atoms with Crippen LogP contribution in [0.1, 0.15) is 11.3 Å². The fraction of sp³-hybridized carbons (Fsp3) is 0.375. The monoisotopic (exact) mass is 200 g/mol. The van der Waals surface area contributed by atoms with Crippen LogP contribution in [0.3, 0.4) is 0 Å². The Balaban J connectivity index is 3.08. The van der Waals surface area contributed by atoms with Gasteiger partial charge in [0.25, 0.3) is 0 Å². The third kappa shape index (κ3) is 3.02. The third-order valence-electron chi connectivity index (χ3n) is 1.54. The average molecular weight is 200 g/mol. The highest BCUT2D eigenvalue weighted by atomic mass is 32.2. The van der Waals surface area contributed by atoms with Crippen LogP contribution < -0.4 is 4.72 Å². The Kier molecular flexibility index (Phi) is 2.56. The molecule has 0 aromatic carbocycles. The summed E-state index contributed by atoms with van der Waals surface area (Å²) in [4.78, 5) is 4.03. The largest absolute Gasteiger partial charge is 0.283 e. The molecule has 0 fully saturated rings. The lowest BCUT2D eigenvalue weighted by molar-refractivity contribution is 0.607. The maximum absolute atomic E-state index is 10.9. The maximum atomic E-state index is 10.9. The lowest BCUT2D eigenvalue weighted by Gasteiger charge is -2.07. The topological polar surface area (TPSA) is 59.1 Å². The summed E-state index contributed by atoms with van der Waals surface area (Å²) in [5.41, 5.74) is 2.20. The minimum absolute atomic E-state index is 0.593. The van der Waals surface area contributed by atoms with Crippen LogP contribution in [0.5, 0.6) is 0 Å². The molecule has 0 unspecified atom stereocenters. The lowest BCUT2D eigenvalue weighted by Crippen LogP contribution is -2.10. The molecule has 0 amide bonds. The average Bonchev–Trinajstić information content (AvgIpc) is 1.94. The van der Waals surface area contributed by atoms with E-state index in [9.17, 15) is 8.42 Å². The van der Waals surface area contributed by atoms with Crippen molar-refractivity contribution in [3.63, 3.8) is 0 Å². The summed E-state index contributed by atoms with van der Waals surface area (Å²) in [5.74, 6) is 0. The van der Waals surface area contributed by atoms with Crippen molar-refractivity contribution in [1.29, 1.82) is 0 Å². The predicted octanol–water partition coefficient (Wildman–Crippen LogP) is 1.07. The van der Waals surface area contributed by atoms with E-state index in [0.29, 0.717) is 5.69 Å². The SMILES string of the molecule is Cc1cc(NS(C)(=O)=O)c(C)cn1. The Morgan fingerprint density at radius 2 is 2.00 bits per heavy atom. The molecule has 0 spiro atoms. The van der Waals surface area contributed by atoms with E-state index in [0.717, 1.165) is 17.5 Å². The zero-order valence-electron chi connectivity index (χ0n) is 7.83. The van der Waals surface area contributed by atoms with Crippen LogP contribution in [0.15, 0.2) is 12.3 Å². The summed E-state index contributed by atoms with van der Waals surface area (Å²) < 4.78 is 24.3. The standard InChI is InChI=1S/C8H12N2O2S/c1-6-5-9-7(2)4-8(6)10-13(3,11)12/h4-5H,1-3H3,(H,9,10). The van der Waals surface area contributed by atoms with Crippen LogP contribution in [-0.4, -0.2) is 19.7 Å². The number of aromatic nitrogens is 1. The Morgan fingerprint density at radius 3 is 2.54 bits per heavy atom. The van der Waals surface area contributed by atoms with Gasteiger partial charge in [-0.1, -0.05) is 0 Å². The molecule has 13 heavy (non-hydrogen) atoms. The molecule has 1 aromatic rings. The van der Waals surface area contributed by atoms with Gasteiger partial charge in [-0.3, -0.25) is 9.71 Å². The van der Waals surface area contributed by atoms with Crippen molar-refractivity contribution in [3.05, 3.63) is 23.5 Å². The van der Waals surface area contributed by atoms with Gasteiger partial charge in [0.1, 0.15) is 0 Å². The van der Waals surface area contributed by atoms with Crippen LogP contribution in [0.25, 0.3) is 0 Å². The second-order valence-electron chi connectivity index (χ2n) is 3.01. The molecule has 0 saturated carbocycles. The molecule has 1 N–H and O–H groups in total. The normalized spacial score (nSPS) is 11.3. The summed E-state index contributed by atoms with van der Waals surface area (Å²) in [6.45, 7) is 3.62. The summed E-state index contributed by atoms with van der Waals surface area (Å²) in [6, 6.07) is 1.70. The molecule has 0 bridgehead atoms. The van der Waals surface area contributed by atoms with Gasteiger partial charge >= 0.3 is 0 Å². The fourth-order valence-electron chi connectivity index (χ4n) is 0.938. The molecule has 72 valence electrons. The Hall–Kier alpha value is -1.10. The number of nitrogens with zero attached hydrogens (tertiary/aromatic N) is 1. The Bertz CT molecular complexity index is 412. The number of hydrogen-bond acceptors (Lipinski definition) is 3. The highest BCUT2D eigenvalue weighted by Crippen LogP contribution is 2.14. The van der Waals surface area contributed by atoms with Gasteiger partial charge in [0.15, 0.2) is 0 Å². The number of aryl methyl sites for hydroxylation is 2. The van der Waals surface area contributed by atoms with E-state index in [4.69, 9.17) is 0 Å². The van der Waals surface area contributed by atoms with Gasteiger partial charge in [-0.2, -0.15) is 0 Å². The number of hydrogen-bond donors (Lipinski definition) is 1. The van der Waals surface area contributed by atoms with E-state index in [1.165, 1.54) is 0 Å². The van der Waals surface area contributed by atoms with Crippen LogP contribution in [0.2, 0.25) is 0 Å².